The van der Waals surface area contributed by atoms with Gasteiger partial charge in [-0.2, -0.15) is 0 Å². The van der Waals surface area contributed by atoms with E-state index >= 15 is 0 Å². The van der Waals surface area contributed by atoms with E-state index in [1.165, 1.54) is 11.3 Å². The second-order valence-corrected chi connectivity index (χ2v) is 5.07. The number of thiophene rings is 1. The summed E-state index contributed by atoms with van der Waals surface area (Å²) in [6, 6.07) is 5.25. The molecule has 4 heteroatoms. The van der Waals surface area contributed by atoms with Crippen LogP contribution in [0.15, 0.2) is 29.6 Å². The molecule has 1 N–H and O–H groups in total. The normalized spacial score (nSPS) is 12.7. The minimum atomic E-state index is -0.781. The lowest BCUT2D eigenvalue weighted by Crippen LogP contribution is -2.04. The molecule has 2 rings (SSSR count). The summed E-state index contributed by atoms with van der Waals surface area (Å²) in [5.41, 5.74) is 1.27. The van der Waals surface area contributed by atoms with Crippen molar-refractivity contribution in [3.8, 4) is 0 Å². The molecule has 0 aliphatic rings. The van der Waals surface area contributed by atoms with Gasteiger partial charge in [-0.15, -0.1) is 11.3 Å². The van der Waals surface area contributed by atoms with Gasteiger partial charge in [-0.25, -0.2) is 8.78 Å². The molecule has 96 valence electrons. The molecule has 0 bridgehead atoms. The SMILES string of the molecule is CCc1ccsc1C(O)Cc1cc(F)ccc1F. The first-order chi connectivity index (χ1) is 8.61. The molecule has 1 atom stereocenters. The van der Waals surface area contributed by atoms with E-state index in [1.807, 2.05) is 18.4 Å². The molecule has 1 aromatic carbocycles. The third-order valence-electron chi connectivity index (χ3n) is 2.89. The molecule has 0 saturated carbocycles. The van der Waals surface area contributed by atoms with Crippen LogP contribution in [0.5, 0.6) is 0 Å². The quantitative estimate of drug-likeness (QED) is 0.892. The number of halogens is 2. The van der Waals surface area contributed by atoms with Gasteiger partial charge >= 0.3 is 0 Å². The van der Waals surface area contributed by atoms with Crippen molar-refractivity contribution >= 4 is 11.3 Å². The Balaban J connectivity index is 2.21. The highest BCUT2D eigenvalue weighted by atomic mass is 32.1. The lowest BCUT2D eigenvalue weighted by Gasteiger charge is -2.11. The van der Waals surface area contributed by atoms with E-state index in [9.17, 15) is 13.9 Å². The summed E-state index contributed by atoms with van der Waals surface area (Å²) in [6.07, 6.45) is 0.134. The number of aliphatic hydroxyl groups excluding tert-OH is 1. The minimum absolute atomic E-state index is 0.0944. The molecule has 0 aliphatic carbocycles. The zero-order valence-electron chi connectivity index (χ0n) is 9.99. The first-order valence-corrected chi connectivity index (χ1v) is 6.68. The zero-order valence-corrected chi connectivity index (χ0v) is 10.8. The van der Waals surface area contributed by atoms with Gasteiger partial charge in [-0.3, -0.25) is 0 Å². The van der Waals surface area contributed by atoms with Crippen LogP contribution in [0.1, 0.15) is 29.0 Å². The van der Waals surface area contributed by atoms with Gasteiger partial charge in [0.05, 0.1) is 6.10 Å². The lowest BCUT2D eigenvalue weighted by atomic mass is 10.0. The van der Waals surface area contributed by atoms with Crippen LogP contribution in [0.25, 0.3) is 0 Å². The van der Waals surface area contributed by atoms with Crippen LogP contribution in [0.4, 0.5) is 8.78 Å². The summed E-state index contributed by atoms with van der Waals surface area (Å²) in [5.74, 6) is -0.967. The Kier molecular flexibility index (Phi) is 4.09. The molecular weight excluding hydrogens is 254 g/mol. The van der Waals surface area contributed by atoms with Crippen molar-refractivity contribution in [2.24, 2.45) is 0 Å². The molecule has 1 nitrogen and oxygen atoms in total. The predicted octanol–water partition coefficient (Wildman–Crippen LogP) is 3.86. The molecule has 0 spiro atoms. The van der Waals surface area contributed by atoms with E-state index in [0.717, 1.165) is 35.1 Å². The average Bonchev–Trinajstić information content (AvgIpc) is 2.82. The Labute approximate surface area is 109 Å². The second-order valence-electron chi connectivity index (χ2n) is 4.12. The molecule has 0 saturated heterocycles. The minimum Gasteiger partial charge on any atom is -0.387 e. The van der Waals surface area contributed by atoms with E-state index in [2.05, 4.69) is 0 Å². The van der Waals surface area contributed by atoms with Crippen molar-refractivity contribution in [1.29, 1.82) is 0 Å². The maximum Gasteiger partial charge on any atom is 0.126 e. The van der Waals surface area contributed by atoms with Crippen molar-refractivity contribution < 1.29 is 13.9 Å². The van der Waals surface area contributed by atoms with Gasteiger partial charge < -0.3 is 5.11 Å². The zero-order chi connectivity index (χ0) is 13.1. The highest BCUT2D eigenvalue weighted by molar-refractivity contribution is 7.10. The summed E-state index contributed by atoms with van der Waals surface area (Å²) >= 11 is 1.45. The standard InChI is InChI=1S/C14H14F2OS/c1-2-9-5-6-18-14(9)13(17)8-10-7-11(15)3-4-12(10)16/h3-7,13,17H,2,8H2,1H3. The molecule has 1 heterocycles. The highest BCUT2D eigenvalue weighted by Gasteiger charge is 2.16. The van der Waals surface area contributed by atoms with Crippen LogP contribution in [-0.2, 0) is 12.8 Å². The monoisotopic (exact) mass is 268 g/mol. The van der Waals surface area contributed by atoms with Crippen molar-refractivity contribution in [2.75, 3.05) is 0 Å². The van der Waals surface area contributed by atoms with Crippen LogP contribution in [0.3, 0.4) is 0 Å². The lowest BCUT2D eigenvalue weighted by molar-refractivity contribution is 0.180. The third kappa shape index (κ3) is 2.76. The van der Waals surface area contributed by atoms with Gasteiger partial charge in [-0.05, 0) is 47.2 Å². The summed E-state index contributed by atoms with van der Waals surface area (Å²) < 4.78 is 26.5. The third-order valence-corrected chi connectivity index (χ3v) is 3.95. The van der Waals surface area contributed by atoms with E-state index in [4.69, 9.17) is 0 Å². The second kappa shape index (κ2) is 5.59. The maximum absolute atomic E-state index is 13.5. The first kappa shape index (κ1) is 13.2. The fraction of sp³-hybridized carbons (Fsp3) is 0.286. The van der Waals surface area contributed by atoms with Crippen molar-refractivity contribution in [2.45, 2.75) is 25.9 Å². The Morgan fingerprint density at radius 1 is 1.22 bits per heavy atom. The van der Waals surface area contributed by atoms with Crippen LogP contribution >= 0.6 is 11.3 Å². The van der Waals surface area contributed by atoms with Gasteiger partial charge in [0.2, 0.25) is 0 Å². The molecule has 0 radical (unpaired) electrons. The molecule has 18 heavy (non-hydrogen) atoms. The van der Waals surface area contributed by atoms with E-state index in [1.54, 1.807) is 0 Å². The van der Waals surface area contributed by atoms with Crippen LogP contribution in [0, 0.1) is 11.6 Å². The number of aliphatic hydroxyl groups is 1. The maximum atomic E-state index is 13.5. The predicted molar refractivity (Wildman–Crippen MR) is 68.7 cm³/mol. The van der Waals surface area contributed by atoms with Crippen LogP contribution in [-0.4, -0.2) is 5.11 Å². The molecule has 0 amide bonds. The smallest absolute Gasteiger partial charge is 0.126 e. The topological polar surface area (TPSA) is 20.2 Å². The number of aryl methyl sites for hydroxylation is 1. The summed E-state index contributed by atoms with van der Waals surface area (Å²) in [7, 11) is 0. The van der Waals surface area contributed by atoms with Crippen LogP contribution < -0.4 is 0 Å². The van der Waals surface area contributed by atoms with Crippen LogP contribution in [0.2, 0.25) is 0 Å². The largest absolute Gasteiger partial charge is 0.387 e. The molecule has 2 aromatic rings. The number of hydrogen-bond acceptors (Lipinski definition) is 2. The van der Waals surface area contributed by atoms with E-state index in [0.29, 0.717) is 0 Å². The van der Waals surface area contributed by atoms with Gasteiger partial charge in [0, 0.05) is 11.3 Å². The Morgan fingerprint density at radius 2 is 2.00 bits per heavy atom. The Hall–Kier alpha value is -1.26. The summed E-state index contributed by atoms with van der Waals surface area (Å²) in [4.78, 5) is 0.834. The summed E-state index contributed by atoms with van der Waals surface area (Å²) in [6.45, 7) is 2.00. The van der Waals surface area contributed by atoms with Crippen molar-refractivity contribution in [3.05, 3.63) is 57.3 Å². The molecule has 0 fully saturated rings. The van der Waals surface area contributed by atoms with Crippen molar-refractivity contribution in [1.82, 2.24) is 0 Å². The first-order valence-electron chi connectivity index (χ1n) is 5.80. The highest BCUT2D eigenvalue weighted by Crippen LogP contribution is 2.28. The number of hydrogen-bond donors (Lipinski definition) is 1. The summed E-state index contributed by atoms with van der Waals surface area (Å²) in [5, 5.41) is 12.0. The van der Waals surface area contributed by atoms with Gasteiger partial charge in [-0.1, -0.05) is 6.92 Å². The van der Waals surface area contributed by atoms with Gasteiger partial charge in [0.15, 0.2) is 0 Å². The van der Waals surface area contributed by atoms with E-state index < -0.39 is 17.7 Å². The Bertz CT molecular complexity index is 536. The van der Waals surface area contributed by atoms with Gasteiger partial charge in [0.25, 0.3) is 0 Å². The average molecular weight is 268 g/mol. The number of rotatable bonds is 4. The fourth-order valence-electron chi connectivity index (χ4n) is 1.93. The van der Waals surface area contributed by atoms with Crippen molar-refractivity contribution in [3.63, 3.8) is 0 Å². The molecule has 0 aliphatic heterocycles. The Morgan fingerprint density at radius 3 is 2.72 bits per heavy atom. The van der Waals surface area contributed by atoms with E-state index in [-0.39, 0.29) is 12.0 Å². The fourth-order valence-corrected chi connectivity index (χ4v) is 2.92. The van der Waals surface area contributed by atoms with Gasteiger partial charge in [0.1, 0.15) is 11.6 Å². The molecular formula is C14H14F2OS. The molecule has 1 unspecified atom stereocenters. The number of benzene rings is 1. The molecule has 1 aromatic heterocycles.